The second-order valence-corrected chi connectivity index (χ2v) is 6.85. The monoisotopic (exact) mass is 342 g/mol. The minimum Gasteiger partial charge on any atom is -0.476 e. The molecule has 8 nitrogen and oxygen atoms in total. The molecule has 0 aromatic heterocycles. The van der Waals surface area contributed by atoms with Gasteiger partial charge in [0.25, 0.3) is 0 Å². The predicted octanol–water partition coefficient (Wildman–Crippen LogP) is -0.519. The summed E-state index contributed by atoms with van der Waals surface area (Å²) < 4.78 is 63.2. The Balaban J connectivity index is 2.03. The molecule has 0 aromatic carbocycles. The number of carbonyl (C=O) groups is 2. The van der Waals surface area contributed by atoms with Crippen molar-refractivity contribution < 1.29 is 40.5 Å². The van der Waals surface area contributed by atoms with Crippen LogP contribution in [0.25, 0.3) is 0 Å². The van der Waals surface area contributed by atoms with Gasteiger partial charge in [0.1, 0.15) is 6.04 Å². The van der Waals surface area contributed by atoms with Gasteiger partial charge in [-0.2, -0.15) is 21.6 Å². The topological polar surface area (TPSA) is 127 Å². The van der Waals surface area contributed by atoms with Gasteiger partial charge in [0.2, 0.25) is 5.91 Å². The highest BCUT2D eigenvalue weighted by Crippen LogP contribution is 2.63. The molecule has 3 rings (SSSR count). The fourth-order valence-corrected chi connectivity index (χ4v) is 3.61. The van der Waals surface area contributed by atoms with Crippen molar-refractivity contribution >= 4 is 22.0 Å². The maximum atomic E-state index is 12.4. The molecule has 2 aliphatic heterocycles. The number of alkyl halides is 3. The summed E-state index contributed by atoms with van der Waals surface area (Å²) in [4.78, 5) is 23.7. The van der Waals surface area contributed by atoms with Crippen molar-refractivity contribution in [3.05, 3.63) is 11.5 Å². The number of nitrogens with zero attached hydrogens (tertiary/aromatic N) is 1. The SMILES string of the molecule is N[C@@H]1C(=O)N2C(C(=O)O)=C(OS(=O)(=O)C(F)(F)F)CC3C[C@]312. The lowest BCUT2D eigenvalue weighted by molar-refractivity contribution is -0.156. The summed E-state index contributed by atoms with van der Waals surface area (Å²) in [6, 6.07) is -0.937. The summed E-state index contributed by atoms with van der Waals surface area (Å²) in [6.07, 6.45) is -0.0516. The van der Waals surface area contributed by atoms with Gasteiger partial charge < -0.3 is 15.0 Å². The first-order valence-electron chi connectivity index (χ1n) is 6.00. The number of halogens is 3. The van der Waals surface area contributed by atoms with Crippen LogP contribution in [-0.2, 0) is 23.9 Å². The minimum atomic E-state index is -6.01. The van der Waals surface area contributed by atoms with Crippen LogP contribution in [0.4, 0.5) is 13.2 Å². The smallest absolute Gasteiger partial charge is 0.476 e. The minimum absolute atomic E-state index is 0.287. The highest BCUT2D eigenvalue weighted by molar-refractivity contribution is 7.87. The second kappa shape index (κ2) is 3.93. The van der Waals surface area contributed by atoms with Crippen molar-refractivity contribution in [2.45, 2.75) is 29.9 Å². The van der Waals surface area contributed by atoms with Gasteiger partial charge in [0.15, 0.2) is 11.5 Å². The van der Waals surface area contributed by atoms with E-state index >= 15 is 0 Å². The summed E-state index contributed by atoms with van der Waals surface area (Å²) in [5.41, 5.74) is -1.91. The first-order chi connectivity index (χ1) is 9.93. The molecule has 0 radical (unpaired) electrons. The quantitative estimate of drug-likeness (QED) is 0.401. The van der Waals surface area contributed by atoms with Gasteiger partial charge in [-0.05, 0) is 12.3 Å². The Kier molecular flexibility index (Phi) is 2.69. The van der Waals surface area contributed by atoms with E-state index in [4.69, 9.17) is 10.8 Å². The maximum Gasteiger partial charge on any atom is 0.534 e. The summed E-state index contributed by atoms with van der Waals surface area (Å²) >= 11 is 0. The number of hydrogen-bond donors (Lipinski definition) is 2. The molecule has 1 saturated heterocycles. The summed E-state index contributed by atoms with van der Waals surface area (Å²) in [6.45, 7) is 0. The molecule has 3 N–H and O–H groups in total. The van der Waals surface area contributed by atoms with Crippen LogP contribution >= 0.6 is 0 Å². The molecule has 3 aliphatic rings. The molecule has 1 saturated carbocycles. The molecule has 1 spiro atoms. The Morgan fingerprint density at radius 1 is 1.45 bits per heavy atom. The third kappa shape index (κ3) is 1.64. The van der Waals surface area contributed by atoms with E-state index in [9.17, 15) is 31.2 Å². The highest BCUT2D eigenvalue weighted by Gasteiger charge is 2.76. The predicted molar refractivity (Wildman–Crippen MR) is 61.0 cm³/mol. The molecule has 3 atom stereocenters. The lowest BCUT2D eigenvalue weighted by atomic mass is 9.85. The Morgan fingerprint density at radius 3 is 2.55 bits per heavy atom. The molecular weight excluding hydrogens is 333 g/mol. The van der Waals surface area contributed by atoms with Crippen LogP contribution < -0.4 is 5.73 Å². The Hall–Kier alpha value is -1.82. The number of carboxylic acids is 1. The van der Waals surface area contributed by atoms with Gasteiger partial charge in [0.05, 0.1) is 5.54 Å². The Morgan fingerprint density at radius 2 is 2.05 bits per heavy atom. The molecule has 1 amide bonds. The van der Waals surface area contributed by atoms with E-state index in [2.05, 4.69) is 4.18 Å². The number of allylic oxidation sites excluding steroid dienone is 1. The summed E-state index contributed by atoms with van der Waals surface area (Å²) in [7, 11) is -6.01. The first kappa shape index (κ1) is 15.1. The average Bonchev–Trinajstić information content (AvgIpc) is 3.10. The molecule has 1 unspecified atom stereocenters. The van der Waals surface area contributed by atoms with E-state index in [1.165, 1.54) is 0 Å². The third-order valence-electron chi connectivity index (χ3n) is 4.18. The van der Waals surface area contributed by atoms with E-state index in [-0.39, 0.29) is 12.8 Å². The highest BCUT2D eigenvalue weighted by atomic mass is 32.2. The fraction of sp³-hybridized carbons (Fsp3) is 0.600. The van der Waals surface area contributed by atoms with E-state index in [0.29, 0.717) is 0 Å². The lowest BCUT2D eigenvalue weighted by Gasteiger charge is -2.49. The number of nitrogens with two attached hydrogens (primary N) is 1. The van der Waals surface area contributed by atoms with E-state index in [0.717, 1.165) is 4.90 Å². The van der Waals surface area contributed by atoms with Gasteiger partial charge in [0, 0.05) is 6.42 Å². The van der Waals surface area contributed by atoms with Crippen LogP contribution in [0.3, 0.4) is 0 Å². The maximum absolute atomic E-state index is 12.4. The first-order valence-corrected chi connectivity index (χ1v) is 7.41. The molecule has 2 fully saturated rings. The summed E-state index contributed by atoms with van der Waals surface area (Å²) in [5.74, 6) is -3.85. The lowest BCUT2D eigenvalue weighted by Crippen LogP contribution is -2.72. The number of hydrogen-bond acceptors (Lipinski definition) is 6. The average molecular weight is 342 g/mol. The Bertz CT molecular complexity index is 729. The van der Waals surface area contributed by atoms with E-state index < -0.39 is 56.5 Å². The molecular formula is C10H9F3N2O6S. The number of aliphatic carboxylic acids is 1. The largest absolute Gasteiger partial charge is 0.534 e. The number of rotatable bonds is 3. The van der Waals surface area contributed by atoms with E-state index in [1.807, 2.05) is 0 Å². The standard InChI is InChI=1S/C10H9F3N2O6S/c11-10(12,13)22(19,20)21-4-1-3-2-9(3)6(14)7(16)15(9)5(4)8(17)18/h3,6H,1-2,14H2,(H,17,18)/t3?,6-,9+/m1/s1. The molecule has 0 aromatic rings. The van der Waals surface area contributed by atoms with E-state index in [1.54, 1.807) is 0 Å². The van der Waals surface area contributed by atoms with Gasteiger partial charge in [-0.15, -0.1) is 0 Å². The number of amides is 1. The van der Waals surface area contributed by atoms with Gasteiger partial charge in [-0.1, -0.05) is 0 Å². The number of carbonyl (C=O) groups excluding carboxylic acids is 1. The van der Waals surface area contributed by atoms with Crippen LogP contribution in [0.15, 0.2) is 11.5 Å². The number of carboxylic acid groups (broad SMARTS) is 1. The molecule has 0 bridgehead atoms. The van der Waals surface area contributed by atoms with Gasteiger partial charge in [-0.25, -0.2) is 4.79 Å². The van der Waals surface area contributed by atoms with Crippen molar-refractivity contribution in [1.29, 1.82) is 0 Å². The van der Waals surface area contributed by atoms with Crippen molar-refractivity contribution in [3.8, 4) is 0 Å². The molecule has 122 valence electrons. The molecule has 12 heteroatoms. The summed E-state index contributed by atoms with van der Waals surface area (Å²) in [5, 5.41) is 9.12. The normalized spacial score (nSPS) is 33.8. The second-order valence-electron chi connectivity index (χ2n) is 5.31. The fourth-order valence-electron chi connectivity index (χ4n) is 3.10. The van der Waals surface area contributed by atoms with Crippen LogP contribution in [0, 0.1) is 5.92 Å². The Labute approximate surface area is 121 Å². The molecule has 1 aliphatic carbocycles. The zero-order chi connectivity index (χ0) is 16.7. The zero-order valence-corrected chi connectivity index (χ0v) is 11.4. The van der Waals surface area contributed by atoms with Gasteiger partial charge >= 0.3 is 21.6 Å². The van der Waals surface area contributed by atoms with Crippen molar-refractivity contribution in [1.82, 2.24) is 4.90 Å². The van der Waals surface area contributed by atoms with Crippen LogP contribution in [0.1, 0.15) is 12.8 Å². The van der Waals surface area contributed by atoms with Crippen molar-refractivity contribution in [2.75, 3.05) is 0 Å². The third-order valence-corrected chi connectivity index (χ3v) is 5.16. The van der Waals surface area contributed by atoms with Gasteiger partial charge in [-0.3, -0.25) is 9.69 Å². The number of β-lactam (4-membered cyclic amide) rings is 1. The van der Waals surface area contributed by atoms with Crippen LogP contribution in [-0.4, -0.2) is 47.4 Å². The van der Waals surface area contributed by atoms with Crippen molar-refractivity contribution in [2.24, 2.45) is 11.7 Å². The van der Waals surface area contributed by atoms with Crippen molar-refractivity contribution in [3.63, 3.8) is 0 Å². The zero-order valence-electron chi connectivity index (χ0n) is 10.6. The molecule has 22 heavy (non-hydrogen) atoms. The van der Waals surface area contributed by atoms with Crippen LogP contribution in [0.2, 0.25) is 0 Å². The molecule has 2 heterocycles. The van der Waals surface area contributed by atoms with Crippen LogP contribution in [0.5, 0.6) is 0 Å².